The molecule has 27 heavy (non-hydrogen) atoms. The number of anilines is 2. The number of benzene rings is 1. The normalized spacial score (nSPS) is 10.4. The molecule has 9 heteroatoms. The fourth-order valence-corrected chi connectivity index (χ4v) is 2.89. The summed E-state index contributed by atoms with van der Waals surface area (Å²) in [4.78, 5) is 35.9. The summed E-state index contributed by atoms with van der Waals surface area (Å²) < 4.78 is 14.2. The fraction of sp³-hybridized carbons (Fsp3) is 0.333. The average Bonchev–Trinajstić information content (AvgIpc) is 3.00. The molecule has 1 aromatic carbocycles. The Balaban J connectivity index is 1.89. The maximum Gasteiger partial charge on any atom is 0.343 e. The number of esters is 2. The number of ether oxygens (including phenoxy) is 2. The van der Waals surface area contributed by atoms with Gasteiger partial charge in [-0.3, -0.25) is 4.79 Å². The van der Waals surface area contributed by atoms with Crippen LogP contribution in [0.15, 0.2) is 24.3 Å². The zero-order valence-corrected chi connectivity index (χ0v) is 16.3. The van der Waals surface area contributed by atoms with Crippen molar-refractivity contribution in [2.45, 2.75) is 26.9 Å². The lowest BCUT2D eigenvalue weighted by atomic mass is 10.2. The lowest BCUT2D eigenvalue weighted by Crippen LogP contribution is -2.21. The molecular formula is C18H21N3O5S. The minimum Gasteiger partial charge on any atom is -0.459 e. The highest BCUT2D eigenvalue weighted by Crippen LogP contribution is 2.24. The average molecular weight is 391 g/mol. The number of nitrogens with zero attached hydrogens (tertiary/aromatic N) is 1. The zero-order chi connectivity index (χ0) is 20.0. The summed E-state index contributed by atoms with van der Waals surface area (Å²) in [6, 6.07) is 6.24. The molecule has 2 aromatic rings. The van der Waals surface area contributed by atoms with Gasteiger partial charge in [0.2, 0.25) is 0 Å². The van der Waals surface area contributed by atoms with Crippen molar-refractivity contribution in [3.05, 3.63) is 41.1 Å². The van der Waals surface area contributed by atoms with Crippen LogP contribution in [0.3, 0.4) is 0 Å². The number of hydrogen-bond acceptors (Lipinski definition) is 8. The monoisotopic (exact) mass is 391 g/mol. The molecule has 0 aliphatic heterocycles. The van der Waals surface area contributed by atoms with Crippen molar-refractivity contribution < 1.29 is 23.9 Å². The minimum absolute atomic E-state index is 0.211. The molecule has 8 nitrogen and oxygen atoms in total. The molecule has 2 rings (SSSR count). The van der Waals surface area contributed by atoms with Gasteiger partial charge in [-0.25, -0.2) is 9.59 Å². The maximum atomic E-state index is 12.1. The van der Waals surface area contributed by atoms with Gasteiger partial charge in [-0.1, -0.05) is 0 Å². The topological polar surface area (TPSA) is 107 Å². The van der Waals surface area contributed by atoms with Crippen LogP contribution in [-0.2, 0) is 14.3 Å². The summed E-state index contributed by atoms with van der Waals surface area (Å²) >= 11 is 1.15. The van der Waals surface area contributed by atoms with Gasteiger partial charge in [0, 0.05) is 12.7 Å². The number of amides is 1. The Morgan fingerprint density at radius 3 is 2.41 bits per heavy atom. The van der Waals surface area contributed by atoms with Crippen molar-refractivity contribution in [2.24, 2.45) is 0 Å². The van der Waals surface area contributed by atoms with E-state index in [0.29, 0.717) is 27.5 Å². The number of hydrogen-bond donors (Lipinski definition) is 2. The molecule has 0 saturated heterocycles. The Kier molecular flexibility index (Phi) is 6.89. The van der Waals surface area contributed by atoms with Gasteiger partial charge in [0.15, 0.2) is 6.61 Å². The summed E-state index contributed by atoms with van der Waals surface area (Å²) in [6.07, 6.45) is -0.211. The van der Waals surface area contributed by atoms with Gasteiger partial charge in [-0.05, 0) is 56.6 Å². The molecule has 1 aromatic heterocycles. The Bertz CT molecular complexity index is 830. The second-order valence-electron chi connectivity index (χ2n) is 5.88. The SMILES string of the molecule is CNc1snc(C)c1C(=O)OCC(=O)Nc1ccc(C(=O)OC(C)C)cc1. The van der Waals surface area contributed by atoms with Gasteiger partial charge in [-0.2, -0.15) is 4.37 Å². The summed E-state index contributed by atoms with van der Waals surface area (Å²) in [5.41, 5.74) is 1.72. The summed E-state index contributed by atoms with van der Waals surface area (Å²) in [7, 11) is 1.68. The third-order valence-corrected chi connectivity index (χ3v) is 4.33. The standard InChI is InChI=1S/C18H21N3O5S/c1-10(2)26-17(23)12-5-7-13(8-6-12)20-14(22)9-25-18(24)15-11(3)21-27-16(15)19-4/h5-8,10,19H,9H2,1-4H3,(H,20,22). The summed E-state index contributed by atoms with van der Waals surface area (Å²) in [5, 5.41) is 6.05. The van der Waals surface area contributed by atoms with E-state index in [0.717, 1.165) is 11.5 Å². The first-order valence-corrected chi connectivity index (χ1v) is 9.01. The maximum absolute atomic E-state index is 12.1. The predicted octanol–water partition coefficient (Wildman–Crippen LogP) is 2.85. The minimum atomic E-state index is -0.618. The van der Waals surface area contributed by atoms with E-state index < -0.39 is 24.5 Å². The highest BCUT2D eigenvalue weighted by atomic mass is 32.1. The third kappa shape index (κ3) is 5.52. The molecule has 0 fully saturated rings. The predicted molar refractivity (Wildman–Crippen MR) is 102 cm³/mol. The number of nitrogens with one attached hydrogen (secondary N) is 2. The molecule has 2 N–H and O–H groups in total. The van der Waals surface area contributed by atoms with Crippen molar-refractivity contribution >= 4 is 40.1 Å². The molecule has 0 unspecified atom stereocenters. The quantitative estimate of drug-likeness (QED) is 0.699. The van der Waals surface area contributed by atoms with Crippen LogP contribution in [0, 0.1) is 6.92 Å². The number of carbonyl (C=O) groups is 3. The van der Waals surface area contributed by atoms with Crippen LogP contribution in [0.4, 0.5) is 10.7 Å². The fourth-order valence-electron chi connectivity index (χ4n) is 2.15. The molecule has 0 atom stereocenters. The van der Waals surface area contributed by atoms with Gasteiger partial charge in [0.05, 0.1) is 17.4 Å². The smallest absolute Gasteiger partial charge is 0.343 e. The molecule has 0 aliphatic carbocycles. The van der Waals surface area contributed by atoms with Gasteiger partial charge in [0.25, 0.3) is 5.91 Å². The van der Waals surface area contributed by atoms with Crippen LogP contribution < -0.4 is 10.6 Å². The lowest BCUT2D eigenvalue weighted by Gasteiger charge is -2.09. The highest BCUT2D eigenvalue weighted by molar-refractivity contribution is 7.10. The molecule has 1 heterocycles. The molecular weight excluding hydrogens is 370 g/mol. The van der Waals surface area contributed by atoms with Gasteiger partial charge >= 0.3 is 11.9 Å². The Morgan fingerprint density at radius 1 is 1.15 bits per heavy atom. The molecule has 0 saturated carbocycles. The van der Waals surface area contributed by atoms with E-state index in [1.54, 1.807) is 52.1 Å². The van der Waals surface area contributed by atoms with Crippen molar-refractivity contribution in [1.82, 2.24) is 4.37 Å². The van der Waals surface area contributed by atoms with Crippen LogP contribution >= 0.6 is 11.5 Å². The molecule has 0 radical (unpaired) electrons. The van der Waals surface area contributed by atoms with E-state index in [9.17, 15) is 14.4 Å². The summed E-state index contributed by atoms with van der Waals surface area (Å²) in [5.74, 6) is -1.54. The van der Waals surface area contributed by atoms with Crippen molar-refractivity contribution in [3.8, 4) is 0 Å². The summed E-state index contributed by atoms with van der Waals surface area (Å²) in [6.45, 7) is 4.79. The Morgan fingerprint density at radius 2 is 1.81 bits per heavy atom. The number of aryl methyl sites for hydroxylation is 1. The highest BCUT2D eigenvalue weighted by Gasteiger charge is 2.20. The molecule has 0 spiro atoms. The zero-order valence-electron chi connectivity index (χ0n) is 15.5. The molecule has 144 valence electrons. The van der Waals surface area contributed by atoms with Gasteiger partial charge in [-0.15, -0.1) is 0 Å². The van der Waals surface area contributed by atoms with Crippen LogP contribution in [0.25, 0.3) is 0 Å². The lowest BCUT2D eigenvalue weighted by molar-refractivity contribution is -0.119. The second-order valence-corrected chi connectivity index (χ2v) is 6.65. The first-order chi connectivity index (χ1) is 12.8. The molecule has 0 bridgehead atoms. The van der Waals surface area contributed by atoms with E-state index >= 15 is 0 Å². The van der Waals surface area contributed by atoms with Crippen molar-refractivity contribution in [3.63, 3.8) is 0 Å². The largest absolute Gasteiger partial charge is 0.459 e. The third-order valence-electron chi connectivity index (χ3n) is 3.38. The molecule has 1 amide bonds. The van der Waals surface area contributed by atoms with E-state index in [1.165, 1.54) is 0 Å². The Labute approximate surface area is 161 Å². The van der Waals surface area contributed by atoms with E-state index in [-0.39, 0.29) is 6.10 Å². The van der Waals surface area contributed by atoms with Crippen LogP contribution in [0.5, 0.6) is 0 Å². The van der Waals surface area contributed by atoms with E-state index in [4.69, 9.17) is 9.47 Å². The second kappa shape index (κ2) is 9.13. The van der Waals surface area contributed by atoms with Crippen molar-refractivity contribution in [2.75, 3.05) is 24.3 Å². The number of aromatic nitrogens is 1. The van der Waals surface area contributed by atoms with Gasteiger partial charge in [0.1, 0.15) is 10.6 Å². The van der Waals surface area contributed by atoms with Gasteiger partial charge < -0.3 is 20.1 Å². The number of carbonyl (C=O) groups excluding carboxylic acids is 3. The number of rotatable bonds is 7. The molecule has 0 aliphatic rings. The van der Waals surface area contributed by atoms with Crippen LogP contribution in [-0.4, -0.2) is 42.0 Å². The van der Waals surface area contributed by atoms with E-state index in [1.807, 2.05) is 0 Å². The van der Waals surface area contributed by atoms with Crippen LogP contribution in [0.2, 0.25) is 0 Å². The Hall–Kier alpha value is -2.94. The first kappa shape index (κ1) is 20.4. The first-order valence-electron chi connectivity index (χ1n) is 8.23. The van der Waals surface area contributed by atoms with Crippen LogP contribution in [0.1, 0.15) is 40.3 Å². The van der Waals surface area contributed by atoms with Crippen molar-refractivity contribution in [1.29, 1.82) is 0 Å². The van der Waals surface area contributed by atoms with E-state index in [2.05, 4.69) is 15.0 Å².